The zero-order chi connectivity index (χ0) is 17.6. The number of amides is 2. The van der Waals surface area contributed by atoms with E-state index in [1.165, 1.54) is 0 Å². The first kappa shape index (κ1) is 16.5. The van der Waals surface area contributed by atoms with E-state index in [0.717, 1.165) is 25.0 Å². The van der Waals surface area contributed by atoms with Crippen LogP contribution in [0.3, 0.4) is 0 Å². The van der Waals surface area contributed by atoms with E-state index in [9.17, 15) is 18.4 Å². The topological polar surface area (TPSA) is 67.2 Å². The number of fused-ring (bicyclic) bond motifs is 1. The highest BCUT2D eigenvalue weighted by Crippen LogP contribution is 2.37. The van der Waals surface area contributed by atoms with Crippen LogP contribution in [0.4, 0.5) is 8.78 Å². The van der Waals surface area contributed by atoms with E-state index in [-0.39, 0.29) is 43.0 Å². The average molecular weight is 352 g/mol. The molecule has 1 atom stereocenters. The summed E-state index contributed by atoms with van der Waals surface area (Å²) in [4.78, 5) is 26.6. The number of hydrogen-bond acceptors (Lipinski definition) is 3. The molecule has 2 amide bonds. The largest absolute Gasteiger partial charge is 0.353 e. The molecule has 1 N–H and O–H groups in total. The summed E-state index contributed by atoms with van der Waals surface area (Å²) in [6, 6.07) is 1.16. The molecule has 4 rings (SSSR count). The second-order valence-electron chi connectivity index (χ2n) is 7.50. The molecule has 136 valence electrons. The molecule has 2 aliphatic carbocycles. The van der Waals surface area contributed by atoms with Gasteiger partial charge < -0.3 is 10.2 Å². The molecule has 1 aromatic rings. The van der Waals surface area contributed by atoms with Gasteiger partial charge in [-0.05, 0) is 18.9 Å². The summed E-state index contributed by atoms with van der Waals surface area (Å²) in [6.45, 7) is 0.959. The molecule has 1 aromatic heterocycles. The van der Waals surface area contributed by atoms with Gasteiger partial charge in [0.2, 0.25) is 11.8 Å². The Hall–Kier alpha value is -1.99. The van der Waals surface area contributed by atoms with Gasteiger partial charge in [0.25, 0.3) is 5.92 Å². The summed E-state index contributed by atoms with van der Waals surface area (Å²) in [5, 5.41) is 6.95. The fraction of sp³-hybridized carbons (Fsp3) is 0.706. The maximum absolute atomic E-state index is 12.9. The van der Waals surface area contributed by atoms with E-state index in [1.54, 1.807) is 10.9 Å². The van der Waals surface area contributed by atoms with Gasteiger partial charge in [-0.3, -0.25) is 14.3 Å². The Balaban J connectivity index is 1.39. The molecule has 0 unspecified atom stereocenters. The Labute approximate surface area is 144 Å². The van der Waals surface area contributed by atoms with Gasteiger partial charge in [-0.1, -0.05) is 6.42 Å². The van der Waals surface area contributed by atoms with Crippen molar-refractivity contribution in [3.8, 4) is 0 Å². The Bertz CT molecular complexity index is 678. The van der Waals surface area contributed by atoms with Crippen molar-refractivity contribution >= 4 is 11.8 Å². The molecule has 0 bridgehead atoms. The third kappa shape index (κ3) is 3.26. The summed E-state index contributed by atoms with van der Waals surface area (Å²) < 4.78 is 27.6. The summed E-state index contributed by atoms with van der Waals surface area (Å²) in [7, 11) is 0. The lowest BCUT2D eigenvalue weighted by molar-refractivity contribution is -0.141. The van der Waals surface area contributed by atoms with Crippen molar-refractivity contribution in [3.05, 3.63) is 18.0 Å². The predicted octanol–water partition coefficient (Wildman–Crippen LogP) is 1.87. The van der Waals surface area contributed by atoms with Crippen molar-refractivity contribution in [1.29, 1.82) is 0 Å². The van der Waals surface area contributed by atoms with Crippen LogP contribution in [0.2, 0.25) is 0 Å². The lowest BCUT2D eigenvalue weighted by Gasteiger charge is -2.38. The second-order valence-corrected chi connectivity index (χ2v) is 7.50. The molecule has 1 aliphatic heterocycles. The highest BCUT2D eigenvalue weighted by molar-refractivity contribution is 5.80. The van der Waals surface area contributed by atoms with Crippen LogP contribution >= 0.6 is 0 Å². The van der Waals surface area contributed by atoms with Gasteiger partial charge >= 0.3 is 0 Å². The van der Waals surface area contributed by atoms with Gasteiger partial charge in [-0.25, -0.2) is 8.78 Å². The van der Waals surface area contributed by atoms with E-state index >= 15 is 0 Å². The fourth-order valence-corrected chi connectivity index (χ4v) is 3.88. The highest BCUT2D eigenvalue weighted by Gasteiger charge is 2.46. The van der Waals surface area contributed by atoms with Crippen LogP contribution in [-0.2, 0) is 16.1 Å². The number of carbonyl (C=O) groups excluding carboxylic acids is 2. The first-order chi connectivity index (χ1) is 11.9. The third-order valence-corrected chi connectivity index (χ3v) is 5.52. The molecule has 0 spiro atoms. The molecule has 8 heteroatoms. The monoisotopic (exact) mass is 352 g/mol. The second kappa shape index (κ2) is 6.07. The Morgan fingerprint density at radius 2 is 2.08 bits per heavy atom. The third-order valence-electron chi connectivity index (χ3n) is 5.52. The van der Waals surface area contributed by atoms with E-state index < -0.39 is 12.0 Å². The van der Waals surface area contributed by atoms with Crippen LogP contribution in [0.5, 0.6) is 0 Å². The summed E-state index contributed by atoms with van der Waals surface area (Å²) in [5.41, 5.74) is 0.909. The number of nitrogens with zero attached hydrogens (tertiary/aromatic N) is 3. The van der Waals surface area contributed by atoms with Gasteiger partial charge in [0, 0.05) is 37.5 Å². The summed E-state index contributed by atoms with van der Waals surface area (Å²) in [5.74, 6) is -2.64. The number of halogens is 2. The molecular formula is C17H22F2N4O2. The molecule has 2 heterocycles. The maximum atomic E-state index is 12.9. The van der Waals surface area contributed by atoms with E-state index in [4.69, 9.17) is 0 Å². The van der Waals surface area contributed by atoms with Crippen LogP contribution in [0, 0.1) is 5.92 Å². The van der Waals surface area contributed by atoms with Gasteiger partial charge in [0.1, 0.15) is 0 Å². The molecular weight excluding hydrogens is 330 g/mol. The number of alkyl halides is 2. The van der Waals surface area contributed by atoms with Crippen LogP contribution in [0.1, 0.15) is 50.3 Å². The van der Waals surface area contributed by atoms with Crippen molar-refractivity contribution in [2.75, 3.05) is 6.54 Å². The van der Waals surface area contributed by atoms with E-state index in [2.05, 4.69) is 10.4 Å². The minimum Gasteiger partial charge on any atom is -0.353 e. The minimum absolute atomic E-state index is 0.112. The quantitative estimate of drug-likeness (QED) is 0.900. The predicted molar refractivity (Wildman–Crippen MR) is 84.8 cm³/mol. The van der Waals surface area contributed by atoms with Crippen molar-refractivity contribution in [2.24, 2.45) is 5.92 Å². The van der Waals surface area contributed by atoms with Crippen LogP contribution in [-0.4, -0.2) is 45.0 Å². The van der Waals surface area contributed by atoms with Crippen molar-refractivity contribution < 1.29 is 18.4 Å². The van der Waals surface area contributed by atoms with Crippen LogP contribution in [0.25, 0.3) is 0 Å². The minimum atomic E-state index is -2.65. The van der Waals surface area contributed by atoms with Crippen molar-refractivity contribution in [2.45, 2.75) is 63.1 Å². The first-order valence-corrected chi connectivity index (χ1v) is 8.90. The lowest BCUT2D eigenvalue weighted by atomic mass is 9.84. The smallest absolute Gasteiger partial charge is 0.252 e. The maximum Gasteiger partial charge on any atom is 0.252 e. The first-order valence-electron chi connectivity index (χ1n) is 8.90. The van der Waals surface area contributed by atoms with Gasteiger partial charge in [0.05, 0.1) is 24.7 Å². The van der Waals surface area contributed by atoms with Gasteiger partial charge in [-0.15, -0.1) is 0 Å². The molecule has 0 aromatic carbocycles. The fourth-order valence-electron chi connectivity index (χ4n) is 3.88. The van der Waals surface area contributed by atoms with Crippen molar-refractivity contribution in [1.82, 2.24) is 20.0 Å². The number of rotatable bonds is 4. The van der Waals surface area contributed by atoms with Crippen LogP contribution < -0.4 is 5.32 Å². The SMILES string of the molecule is O=C(C[C@H]1CN(C(=O)C2CCC2)Cc2ccnn21)NC1CC(F)(F)C1. The van der Waals surface area contributed by atoms with Gasteiger partial charge in [-0.2, -0.15) is 5.10 Å². The number of aromatic nitrogens is 2. The lowest BCUT2D eigenvalue weighted by Crippen LogP contribution is -2.51. The average Bonchev–Trinajstić information content (AvgIpc) is 2.91. The summed E-state index contributed by atoms with van der Waals surface area (Å²) in [6.07, 6.45) is 4.21. The number of carbonyl (C=O) groups is 2. The van der Waals surface area contributed by atoms with E-state index in [0.29, 0.717) is 13.1 Å². The normalized spacial score (nSPS) is 25.7. The Kier molecular flexibility index (Phi) is 4.00. The standard InChI is InChI=1S/C17H22F2N4O2/c18-17(19)7-12(8-17)21-15(24)6-14-10-22(16(25)11-2-1-3-11)9-13-4-5-20-23(13)14/h4-5,11-12,14H,1-3,6-10H2,(H,21,24)/t14-/m0/s1. The van der Waals surface area contributed by atoms with Crippen LogP contribution in [0.15, 0.2) is 12.3 Å². The summed E-state index contributed by atoms with van der Waals surface area (Å²) >= 11 is 0. The van der Waals surface area contributed by atoms with E-state index in [1.807, 2.05) is 11.0 Å². The molecule has 0 radical (unpaired) electrons. The van der Waals surface area contributed by atoms with Crippen molar-refractivity contribution in [3.63, 3.8) is 0 Å². The molecule has 2 saturated carbocycles. The zero-order valence-corrected chi connectivity index (χ0v) is 14.0. The molecule has 25 heavy (non-hydrogen) atoms. The van der Waals surface area contributed by atoms with Gasteiger partial charge in [0.15, 0.2) is 0 Å². The molecule has 0 saturated heterocycles. The zero-order valence-electron chi connectivity index (χ0n) is 14.0. The Morgan fingerprint density at radius 3 is 2.72 bits per heavy atom. The number of nitrogens with one attached hydrogen (secondary N) is 1. The Morgan fingerprint density at radius 1 is 1.32 bits per heavy atom. The molecule has 3 aliphatic rings. The number of hydrogen-bond donors (Lipinski definition) is 1. The molecule has 2 fully saturated rings. The highest BCUT2D eigenvalue weighted by atomic mass is 19.3. The molecule has 6 nitrogen and oxygen atoms in total.